The number of hydrogen-bond acceptors (Lipinski definition) is 2. The van der Waals surface area contributed by atoms with Gasteiger partial charge in [0.05, 0.1) is 5.75 Å². The summed E-state index contributed by atoms with van der Waals surface area (Å²) in [6, 6.07) is 0. The molecule has 0 N–H and O–H groups in total. The molecule has 0 aromatic heterocycles. The first kappa shape index (κ1) is 11.7. The van der Waals surface area contributed by atoms with Gasteiger partial charge in [-0.2, -0.15) is 0 Å². The van der Waals surface area contributed by atoms with Crippen LogP contribution in [0.15, 0.2) is 12.7 Å². The molecule has 82 valence electrons. The monoisotopic (exact) mass is 217 g/mol. The fraction of sp³-hybridized carbons (Fsp3) is 0.800. The summed E-state index contributed by atoms with van der Waals surface area (Å²) in [4.78, 5) is 0. The summed E-state index contributed by atoms with van der Waals surface area (Å²) in [5.41, 5.74) is 0. The van der Waals surface area contributed by atoms with E-state index in [4.69, 9.17) is 0 Å². The normalized spacial score (nSPS) is 18.1. The van der Waals surface area contributed by atoms with E-state index < -0.39 is 10.0 Å². The van der Waals surface area contributed by atoms with Crippen molar-refractivity contribution in [1.82, 2.24) is 4.31 Å². The standard InChI is InChI=1S/C10H19NO2S/c1-3-4-8-11(2)14(12,13)9-10-6-5-7-10/h3,10H,1,4-9H2,2H3. The first-order valence-corrected chi connectivity index (χ1v) is 6.72. The van der Waals surface area contributed by atoms with Crippen LogP contribution < -0.4 is 0 Å². The summed E-state index contributed by atoms with van der Waals surface area (Å²) in [6.45, 7) is 4.14. The molecule has 0 aromatic carbocycles. The molecule has 0 unspecified atom stereocenters. The van der Waals surface area contributed by atoms with Crippen LogP contribution >= 0.6 is 0 Å². The molecule has 4 heteroatoms. The van der Waals surface area contributed by atoms with Gasteiger partial charge in [0.25, 0.3) is 0 Å². The maximum Gasteiger partial charge on any atom is 0.214 e. The average molecular weight is 217 g/mol. The first-order chi connectivity index (χ1) is 6.56. The van der Waals surface area contributed by atoms with Gasteiger partial charge in [0.1, 0.15) is 0 Å². The Morgan fingerprint density at radius 2 is 2.14 bits per heavy atom. The lowest BCUT2D eigenvalue weighted by Crippen LogP contribution is -2.34. The highest BCUT2D eigenvalue weighted by Gasteiger charge is 2.26. The van der Waals surface area contributed by atoms with Crippen LogP contribution in [0.25, 0.3) is 0 Å². The van der Waals surface area contributed by atoms with Crippen LogP contribution in [0.5, 0.6) is 0 Å². The Bertz CT molecular complexity index is 280. The van der Waals surface area contributed by atoms with Gasteiger partial charge in [0.2, 0.25) is 10.0 Å². The van der Waals surface area contributed by atoms with Crippen molar-refractivity contribution in [3.05, 3.63) is 12.7 Å². The molecule has 0 heterocycles. The molecule has 1 aliphatic rings. The predicted octanol–water partition coefficient (Wildman–Crippen LogP) is 1.62. The highest BCUT2D eigenvalue weighted by molar-refractivity contribution is 7.89. The van der Waals surface area contributed by atoms with Crippen molar-refractivity contribution in [2.45, 2.75) is 25.7 Å². The minimum absolute atomic E-state index is 0.334. The smallest absolute Gasteiger partial charge is 0.212 e. The topological polar surface area (TPSA) is 37.4 Å². The Morgan fingerprint density at radius 3 is 2.57 bits per heavy atom. The largest absolute Gasteiger partial charge is 0.214 e. The van der Waals surface area contributed by atoms with Crippen molar-refractivity contribution >= 4 is 10.0 Å². The Kier molecular flexibility index (Phi) is 4.13. The molecule has 1 rings (SSSR count). The van der Waals surface area contributed by atoms with E-state index in [2.05, 4.69) is 6.58 Å². The molecule has 14 heavy (non-hydrogen) atoms. The van der Waals surface area contributed by atoms with Crippen LogP contribution in [-0.4, -0.2) is 32.1 Å². The Hall–Kier alpha value is -0.350. The minimum atomic E-state index is -3.01. The fourth-order valence-corrected chi connectivity index (χ4v) is 3.06. The molecular weight excluding hydrogens is 198 g/mol. The van der Waals surface area contributed by atoms with Crippen LogP contribution in [0.1, 0.15) is 25.7 Å². The quantitative estimate of drug-likeness (QED) is 0.634. The molecule has 3 nitrogen and oxygen atoms in total. The summed E-state index contributed by atoms with van der Waals surface area (Å²) >= 11 is 0. The molecular formula is C10H19NO2S. The Morgan fingerprint density at radius 1 is 1.50 bits per heavy atom. The predicted molar refractivity (Wildman–Crippen MR) is 58.6 cm³/mol. The summed E-state index contributed by atoms with van der Waals surface area (Å²) < 4.78 is 24.9. The van der Waals surface area contributed by atoms with Gasteiger partial charge in [-0.05, 0) is 25.2 Å². The molecule has 0 saturated heterocycles. The van der Waals surface area contributed by atoms with Crippen molar-refractivity contribution in [3.8, 4) is 0 Å². The van der Waals surface area contributed by atoms with E-state index in [0.717, 1.165) is 19.3 Å². The fourth-order valence-electron chi connectivity index (χ4n) is 1.50. The van der Waals surface area contributed by atoms with E-state index in [-0.39, 0.29) is 0 Å². The third kappa shape index (κ3) is 3.10. The zero-order chi connectivity index (χ0) is 10.6. The molecule has 0 bridgehead atoms. The second kappa shape index (κ2) is 4.94. The van der Waals surface area contributed by atoms with Gasteiger partial charge < -0.3 is 0 Å². The molecule has 0 aromatic rings. The molecule has 1 aliphatic carbocycles. The SMILES string of the molecule is C=CCCN(C)S(=O)(=O)CC1CCC1. The van der Waals surface area contributed by atoms with Gasteiger partial charge in [-0.25, -0.2) is 12.7 Å². The zero-order valence-corrected chi connectivity index (χ0v) is 9.59. The zero-order valence-electron chi connectivity index (χ0n) is 8.78. The maximum absolute atomic E-state index is 11.7. The van der Waals surface area contributed by atoms with Gasteiger partial charge in [0.15, 0.2) is 0 Å². The lowest BCUT2D eigenvalue weighted by Gasteiger charge is -2.27. The van der Waals surface area contributed by atoms with Crippen molar-refractivity contribution in [2.24, 2.45) is 5.92 Å². The number of nitrogens with zero attached hydrogens (tertiary/aromatic N) is 1. The Balaban J connectivity index is 2.41. The molecule has 0 atom stereocenters. The molecule has 0 aliphatic heterocycles. The third-order valence-electron chi connectivity index (χ3n) is 2.79. The maximum atomic E-state index is 11.7. The van der Waals surface area contributed by atoms with E-state index >= 15 is 0 Å². The summed E-state index contributed by atoms with van der Waals surface area (Å²) in [7, 11) is -1.36. The lowest BCUT2D eigenvalue weighted by atomic mass is 9.87. The third-order valence-corrected chi connectivity index (χ3v) is 4.82. The average Bonchev–Trinajstić information content (AvgIpc) is 2.07. The summed E-state index contributed by atoms with van der Waals surface area (Å²) in [5.74, 6) is 0.742. The van der Waals surface area contributed by atoms with E-state index in [1.165, 1.54) is 10.7 Å². The van der Waals surface area contributed by atoms with Gasteiger partial charge in [-0.15, -0.1) is 6.58 Å². The molecule has 0 radical (unpaired) electrons. The highest BCUT2D eigenvalue weighted by Crippen LogP contribution is 2.28. The summed E-state index contributed by atoms with van der Waals surface area (Å²) in [5, 5.41) is 0. The summed E-state index contributed by atoms with van der Waals surface area (Å²) in [6.07, 6.45) is 5.81. The molecule has 0 amide bonds. The Labute approximate surface area is 86.8 Å². The van der Waals surface area contributed by atoms with Crippen LogP contribution in [0, 0.1) is 5.92 Å². The van der Waals surface area contributed by atoms with Crippen LogP contribution in [0.4, 0.5) is 0 Å². The molecule has 1 fully saturated rings. The van der Waals surface area contributed by atoms with Gasteiger partial charge in [-0.3, -0.25) is 0 Å². The van der Waals surface area contributed by atoms with E-state index in [0.29, 0.717) is 18.2 Å². The van der Waals surface area contributed by atoms with Crippen molar-refractivity contribution < 1.29 is 8.42 Å². The second-order valence-electron chi connectivity index (χ2n) is 3.97. The molecule has 0 spiro atoms. The van der Waals surface area contributed by atoms with E-state index in [9.17, 15) is 8.42 Å². The van der Waals surface area contributed by atoms with Gasteiger partial charge in [0, 0.05) is 13.6 Å². The van der Waals surface area contributed by atoms with Crippen LogP contribution in [-0.2, 0) is 10.0 Å². The van der Waals surface area contributed by atoms with Crippen LogP contribution in [0.3, 0.4) is 0 Å². The second-order valence-corrected chi connectivity index (χ2v) is 6.09. The van der Waals surface area contributed by atoms with Crippen molar-refractivity contribution in [1.29, 1.82) is 0 Å². The van der Waals surface area contributed by atoms with Crippen molar-refractivity contribution in [2.75, 3.05) is 19.3 Å². The van der Waals surface area contributed by atoms with E-state index in [1.54, 1.807) is 13.1 Å². The lowest BCUT2D eigenvalue weighted by molar-refractivity contribution is 0.340. The van der Waals surface area contributed by atoms with Gasteiger partial charge >= 0.3 is 0 Å². The number of rotatable bonds is 6. The van der Waals surface area contributed by atoms with E-state index in [1.807, 2.05) is 0 Å². The van der Waals surface area contributed by atoms with Crippen LogP contribution in [0.2, 0.25) is 0 Å². The highest BCUT2D eigenvalue weighted by atomic mass is 32.2. The van der Waals surface area contributed by atoms with Gasteiger partial charge in [-0.1, -0.05) is 12.5 Å². The number of sulfonamides is 1. The first-order valence-electron chi connectivity index (χ1n) is 5.11. The minimum Gasteiger partial charge on any atom is -0.212 e. The van der Waals surface area contributed by atoms with Crippen molar-refractivity contribution in [3.63, 3.8) is 0 Å². The number of hydrogen-bond donors (Lipinski definition) is 0. The molecule has 1 saturated carbocycles.